The van der Waals surface area contributed by atoms with E-state index in [9.17, 15) is 4.79 Å². The van der Waals surface area contributed by atoms with Crippen molar-refractivity contribution in [3.63, 3.8) is 0 Å². The molecule has 1 fully saturated rings. The van der Waals surface area contributed by atoms with Gasteiger partial charge in [-0.2, -0.15) is 5.10 Å². The second-order valence-electron chi connectivity index (χ2n) is 8.56. The maximum Gasteiger partial charge on any atom is 0.225 e. The summed E-state index contributed by atoms with van der Waals surface area (Å²) in [5.41, 5.74) is 2.43. The Bertz CT molecular complexity index is 732. The topological polar surface area (TPSA) is 59.0 Å². The van der Waals surface area contributed by atoms with E-state index in [4.69, 9.17) is 0 Å². The van der Waals surface area contributed by atoms with Gasteiger partial charge in [-0.1, -0.05) is 51.1 Å². The van der Waals surface area contributed by atoms with Crippen LogP contribution in [0.1, 0.15) is 50.3 Å². The minimum absolute atomic E-state index is 0.0267. The highest BCUT2D eigenvalue weighted by Crippen LogP contribution is 2.32. The normalized spacial score (nSPS) is 21.5. The number of hydrogen-bond acceptors (Lipinski definition) is 3. The third-order valence-corrected chi connectivity index (χ3v) is 5.04. The molecule has 5 nitrogen and oxygen atoms in total. The summed E-state index contributed by atoms with van der Waals surface area (Å²) in [6.45, 7) is 8.17. The molecule has 3 rings (SSSR count). The first-order chi connectivity index (χ1) is 12.3. The van der Waals surface area contributed by atoms with Crippen molar-refractivity contribution in [1.29, 1.82) is 0 Å². The van der Waals surface area contributed by atoms with Gasteiger partial charge in [-0.25, -0.2) is 0 Å². The van der Waals surface area contributed by atoms with Crippen LogP contribution in [0, 0.1) is 11.3 Å². The molecule has 2 aromatic rings. The van der Waals surface area contributed by atoms with Crippen molar-refractivity contribution < 1.29 is 4.79 Å². The number of aryl methyl sites for hydroxylation is 1. The van der Waals surface area contributed by atoms with E-state index in [-0.39, 0.29) is 29.2 Å². The van der Waals surface area contributed by atoms with E-state index in [1.807, 2.05) is 37.6 Å². The lowest BCUT2D eigenvalue weighted by Gasteiger charge is -2.29. The van der Waals surface area contributed by atoms with Crippen molar-refractivity contribution in [1.82, 2.24) is 20.4 Å². The van der Waals surface area contributed by atoms with Crippen molar-refractivity contribution >= 4 is 5.91 Å². The number of nitrogens with zero attached hydrogens (tertiary/aromatic N) is 2. The molecule has 3 atom stereocenters. The molecule has 1 aromatic carbocycles. The molecule has 1 aliphatic rings. The third-order valence-electron chi connectivity index (χ3n) is 5.04. The average Bonchev–Trinajstić information content (AvgIpc) is 3.22. The molecule has 5 heteroatoms. The Balaban J connectivity index is 1.76. The Morgan fingerprint density at radius 1 is 1.31 bits per heavy atom. The zero-order chi connectivity index (χ0) is 18.7. The molecule has 1 aromatic heterocycles. The molecular weight excluding hydrogens is 324 g/mol. The number of aromatic nitrogens is 2. The van der Waals surface area contributed by atoms with Gasteiger partial charge in [0.2, 0.25) is 5.91 Å². The molecule has 1 amide bonds. The SMILES string of the molecule is Cn1cc([C@H]2CNC[C@@H]2C(=O)NC(CC(C)(C)C)c2ccccc2)cn1. The largest absolute Gasteiger partial charge is 0.349 e. The fourth-order valence-electron chi connectivity index (χ4n) is 3.76. The molecule has 0 spiro atoms. The first-order valence-corrected chi connectivity index (χ1v) is 9.38. The zero-order valence-electron chi connectivity index (χ0n) is 16.2. The first kappa shape index (κ1) is 18.6. The van der Waals surface area contributed by atoms with Gasteiger partial charge in [-0.05, 0) is 23.0 Å². The number of amides is 1. The molecule has 140 valence electrons. The summed E-state index contributed by atoms with van der Waals surface area (Å²) in [6.07, 6.45) is 4.80. The van der Waals surface area contributed by atoms with Crippen molar-refractivity contribution in [2.24, 2.45) is 18.4 Å². The fraction of sp³-hybridized carbons (Fsp3) is 0.524. The van der Waals surface area contributed by atoms with Crippen molar-refractivity contribution in [3.8, 4) is 0 Å². The van der Waals surface area contributed by atoms with E-state index < -0.39 is 0 Å². The second kappa shape index (κ2) is 7.62. The lowest BCUT2D eigenvalue weighted by molar-refractivity contribution is -0.125. The van der Waals surface area contributed by atoms with E-state index in [2.05, 4.69) is 48.6 Å². The second-order valence-corrected chi connectivity index (χ2v) is 8.56. The maximum absolute atomic E-state index is 13.1. The highest BCUT2D eigenvalue weighted by Gasteiger charge is 2.36. The van der Waals surface area contributed by atoms with E-state index >= 15 is 0 Å². The summed E-state index contributed by atoms with van der Waals surface area (Å²) in [7, 11) is 1.91. The summed E-state index contributed by atoms with van der Waals surface area (Å²) < 4.78 is 1.80. The van der Waals surface area contributed by atoms with E-state index in [1.54, 1.807) is 4.68 Å². The van der Waals surface area contributed by atoms with Crippen molar-refractivity contribution in [3.05, 3.63) is 53.9 Å². The van der Waals surface area contributed by atoms with Gasteiger partial charge in [0.15, 0.2) is 0 Å². The quantitative estimate of drug-likeness (QED) is 0.868. The maximum atomic E-state index is 13.1. The number of benzene rings is 1. The van der Waals surface area contributed by atoms with E-state index in [1.165, 1.54) is 5.56 Å². The van der Waals surface area contributed by atoms with Crippen LogP contribution in [0.4, 0.5) is 0 Å². The Hall–Kier alpha value is -2.14. The zero-order valence-corrected chi connectivity index (χ0v) is 16.2. The molecule has 2 N–H and O–H groups in total. The number of carbonyl (C=O) groups excluding carboxylic acids is 1. The fourth-order valence-corrected chi connectivity index (χ4v) is 3.76. The standard InChI is InChI=1S/C21H30N4O/c1-21(2,3)10-19(15-8-6-5-7-9-15)24-20(26)18-13-22-12-17(18)16-11-23-25(4)14-16/h5-9,11,14,17-19,22H,10,12-13H2,1-4H3,(H,24,26)/t17-,18+,19?/m1/s1. The van der Waals surface area contributed by atoms with Crippen LogP contribution in [0.2, 0.25) is 0 Å². The van der Waals surface area contributed by atoms with Crippen LogP contribution in [0.15, 0.2) is 42.7 Å². The summed E-state index contributed by atoms with van der Waals surface area (Å²) >= 11 is 0. The molecular formula is C21H30N4O. The van der Waals surface area contributed by atoms with Gasteiger partial charge in [0, 0.05) is 32.3 Å². The van der Waals surface area contributed by atoms with Crippen LogP contribution in [-0.4, -0.2) is 28.8 Å². The van der Waals surface area contributed by atoms with Crippen LogP contribution < -0.4 is 10.6 Å². The minimum atomic E-state index is -0.0645. The Morgan fingerprint density at radius 3 is 2.65 bits per heavy atom. The number of carbonyl (C=O) groups is 1. The van der Waals surface area contributed by atoms with Crippen LogP contribution in [0.25, 0.3) is 0 Å². The van der Waals surface area contributed by atoms with Crippen LogP contribution in [0.3, 0.4) is 0 Å². The van der Waals surface area contributed by atoms with Crippen LogP contribution in [-0.2, 0) is 11.8 Å². The van der Waals surface area contributed by atoms with E-state index in [0.29, 0.717) is 6.54 Å². The molecule has 2 heterocycles. The van der Waals surface area contributed by atoms with Gasteiger partial charge in [0.1, 0.15) is 0 Å². The lowest BCUT2D eigenvalue weighted by Crippen LogP contribution is -2.38. The predicted molar refractivity (Wildman–Crippen MR) is 104 cm³/mol. The molecule has 1 aliphatic heterocycles. The van der Waals surface area contributed by atoms with Crippen molar-refractivity contribution in [2.45, 2.75) is 39.2 Å². The lowest BCUT2D eigenvalue weighted by atomic mass is 9.84. The van der Waals surface area contributed by atoms with E-state index in [0.717, 1.165) is 18.5 Å². The van der Waals surface area contributed by atoms with Crippen LogP contribution in [0.5, 0.6) is 0 Å². The Morgan fingerprint density at radius 2 is 2.04 bits per heavy atom. The number of rotatable bonds is 5. The summed E-state index contributed by atoms with van der Waals surface area (Å²) in [5, 5.41) is 11.0. The van der Waals surface area contributed by atoms with Gasteiger partial charge in [-0.15, -0.1) is 0 Å². The van der Waals surface area contributed by atoms with Crippen molar-refractivity contribution in [2.75, 3.05) is 13.1 Å². The summed E-state index contributed by atoms with van der Waals surface area (Å²) in [6, 6.07) is 10.3. The Labute approximate surface area is 156 Å². The molecule has 0 radical (unpaired) electrons. The third kappa shape index (κ3) is 4.52. The highest BCUT2D eigenvalue weighted by atomic mass is 16.2. The summed E-state index contributed by atoms with van der Waals surface area (Å²) in [4.78, 5) is 13.1. The van der Waals surface area contributed by atoms with Gasteiger partial charge in [0.25, 0.3) is 0 Å². The van der Waals surface area contributed by atoms with Gasteiger partial charge < -0.3 is 10.6 Å². The molecule has 0 saturated carbocycles. The molecule has 26 heavy (non-hydrogen) atoms. The van der Waals surface area contributed by atoms with Gasteiger partial charge >= 0.3 is 0 Å². The Kier molecular flexibility index (Phi) is 5.47. The molecule has 1 saturated heterocycles. The van der Waals surface area contributed by atoms with Gasteiger partial charge in [-0.3, -0.25) is 9.48 Å². The smallest absolute Gasteiger partial charge is 0.225 e. The number of hydrogen-bond donors (Lipinski definition) is 2. The molecule has 0 aliphatic carbocycles. The highest BCUT2D eigenvalue weighted by molar-refractivity contribution is 5.81. The predicted octanol–water partition coefficient (Wildman–Crippen LogP) is 3.02. The summed E-state index contributed by atoms with van der Waals surface area (Å²) in [5.74, 6) is 0.238. The van der Waals surface area contributed by atoms with Gasteiger partial charge in [0.05, 0.1) is 18.2 Å². The minimum Gasteiger partial charge on any atom is -0.349 e. The average molecular weight is 354 g/mol. The molecule has 0 bridgehead atoms. The van der Waals surface area contributed by atoms with Crippen LogP contribution >= 0.6 is 0 Å². The molecule has 1 unspecified atom stereocenters. The number of nitrogens with one attached hydrogen (secondary N) is 2. The monoisotopic (exact) mass is 354 g/mol. The first-order valence-electron chi connectivity index (χ1n) is 9.38.